The Bertz CT molecular complexity index is 682. The Morgan fingerprint density at radius 3 is 2.62 bits per heavy atom. The van der Waals surface area contributed by atoms with Crippen molar-refractivity contribution in [1.82, 2.24) is 4.90 Å². The summed E-state index contributed by atoms with van der Waals surface area (Å²) in [6.07, 6.45) is 5.44. The van der Waals surface area contributed by atoms with E-state index >= 15 is 0 Å². The van der Waals surface area contributed by atoms with E-state index in [1.165, 1.54) is 0 Å². The van der Waals surface area contributed by atoms with Gasteiger partial charge in [-0.2, -0.15) is 0 Å². The number of rotatable bonds is 4. The molecular formula is C24H39NO4. The fraction of sp³-hybridized carbons (Fsp3) is 0.833. The van der Waals surface area contributed by atoms with Gasteiger partial charge >= 0.3 is 5.97 Å². The molecule has 3 fully saturated rings. The number of fused-ring (bicyclic) bond motifs is 3. The van der Waals surface area contributed by atoms with Crippen molar-refractivity contribution in [2.75, 3.05) is 27.2 Å². The smallest absolute Gasteiger partial charge is 0.330 e. The van der Waals surface area contributed by atoms with Crippen molar-refractivity contribution in [1.29, 1.82) is 0 Å². The van der Waals surface area contributed by atoms with E-state index in [-0.39, 0.29) is 40.7 Å². The van der Waals surface area contributed by atoms with Crippen molar-refractivity contribution in [3.05, 3.63) is 11.6 Å². The number of hydrogen-bond acceptors (Lipinski definition) is 5. The molecule has 5 nitrogen and oxygen atoms in total. The number of Topliss-reactive ketones (excluding diaryl/α,β-unsaturated/α-hetero) is 1. The molecule has 0 heterocycles. The molecule has 0 aromatic rings. The minimum absolute atomic E-state index is 0.0168. The van der Waals surface area contributed by atoms with Crippen LogP contribution in [0.4, 0.5) is 0 Å². The van der Waals surface area contributed by atoms with Gasteiger partial charge in [-0.15, -0.1) is 0 Å². The molecule has 3 aliphatic rings. The molecule has 1 N–H and O–H groups in total. The molecule has 6 atom stereocenters. The second-order valence-electron chi connectivity index (χ2n) is 10.8. The van der Waals surface area contributed by atoms with Crippen LogP contribution in [-0.4, -0.2) is 55.1 Å². The van der Waals surface area contributed by atoms with Crippen LogP contribution in [0.3, 0.4) is 0 Å². The Morgan fingerprint density at radius 1 is 1.28 bits per heavy atom. The highest BCUT2D eigenvalue weighted by Crippen LogP contribution is 2.63. The lowest BCUT2D eigenvalue weighted by molar-refractivity contribution is -0.172. The van der Waals surface area contributed by atoms with Crippen LogP contribution in [0.1, 0.15) is 59.8 Å². The van der Waals surface area contributed by atoms with Gasteiger partial charge in [0.1, 0.15) is 12.4 Å². The van der Waals surface area contributed by atoms with Crippen molar-refractivity contribution < 1.29 is 19.4 Å². The monoisotopic (exact) mass is 405 g/mol. The standard InChI is InChI=1S/C24H39NO4/c1-15-16(13-21(28)29-12-11-25(5)6)7-8-17-22(15)18(26)14-19-23(2,3)20(27)9-10-24(17,19)4/h13,15,17,19-20,22,27H,7-12,14H2,1-6H3/b16-13+/t15-,17+,19-,20-,22-,24+/m0/s1. The first kappa shape index (κ1) is 22.5. The van der Waals surface area contributed by atoms with Crippen LogP contribution in [0.15, 0.2) is 11.6 Å². The van der Waals surface area contributed by atoms with Gasteiger partial charge in [0, 0.05) is 25.0 Å². The molecule has 0 aromatic heterocycles. The third-order valence-electron chi connectivity index (χ3n) is 8.52. The Balaban J connectivity index is 1.78. The molecule has 164 valence electrons. The summed E-state index contributed by atoms with van der Waals surface area (Å²) in [5, 5.41) is 10.6. The van der Waals surface area contributed by atoms with Gasteiger partial charge < -0.3 is 14.7 Å². The summed E-state index contributed by atoms with van der Waals surface area (Å²) >= 11 is 0. The molecule has 3 aliphatic carbocycles. The number of aliphatic hydroxyl groups excluding tert-OH is 1. The molecule has 0 amide bonds. The zero-order valence-corrected chi connectivity index (χ0v) is 19.0. The average Bonchev–Trinajstić information content (AvgIpc) is 2.63. The van der Waals surface area contributed by atoms with E-state index in [0.717, 1.165) is 31.3 Å². The van der Waals surface area contributed by atoms with Gasteiger partial charge in [-0.1, -0.05) is 33.3 Å². The summed E-state index contributed by atoms with van der Waals surface area (Å²) in [5.74, 6) is 0.645. The van der Waals surface area contributed by atoms with E-state index in [1.54, 1.807) is 6.08 Å². The number of hydrogen-bond donors (Lipinski definition) is 1. The van der Waals surface area contributed by atoms with Crippen molar-refractivity contribution in [3.63, 3.8) is 0 Å². The largest absolute Gasteiger partial charge is 0.461 e. The first-order valence-electron chi connectivity index (χ1n) is 11.2. The topological polar surface area (TPSA) is 66.8 Å². The van der Waals surface area contributed by atoms with Crippen LogP contribution < -0.4 is 0 Å². The summed E-state index contributed by atoms with van der Waals surface area (Å²) in [7, 11) is 3.90. The molecule has 3 saturated carbocycles. The summed E-state index contributed by atoms with van der Waals surface area (Å²) in [5.41, 5.74) is 0.905. The highest BCUT2D eigenvalue weighted by molar-refractivity contribution is 5.86. The average molecular weight is 406 g/mol. The van der Waals surface area contributed by atoms with Gasteiger partial charge in [-0.3, -0.25) is 4.79 Å². The number of nitrogens with zero attached hydrogens (tertiary/aromatic N) is 1. The minimum Gasteiger partial charge on any atom is -0.461 e. The highest BCUT2D eigenvalue weighted by atomic mass is 16.5. The molecule has 29 heavy (non-hydrogen) atoms. The van der Waals surface area contributed by atoms with E-state index in [1.807, 2.05) is 19.0 Å². The molecule has 0 unspecified atom stereocenters. The quantitative estimate of drug-likeness (QED) is 0.573. The lowest BCUT2D eigenvalue weighted by Gasteiger charge is -2.62. The lowest BCUT2D eigenvalue weighted by Crippen LogP contribution is -2.60. The molecule has 5 heteroatoms. The molecule has 0 spiro atoms. The van der Waals surface area contributed by atoms with Gasteiger partial charge in [0.15, 0.2) is 0 Å². The maximum atomic E-state index is 13.3. The third-order valence-corrected chi connectivity index (χ3v) is 8.52. The predicted octanol–water partition coefficient (Wildman–Crippen LogP) is 3.46. The fourth-order valence-corrected chi connectivity index (χ4v) is 6.63. The zero-order chi connectivity index (χ0) is 21.6. The molecule has 0 bridgehead atoms. The van der Waals surface area contributed by atoms with E-state index in [9.17, 15) is 14.7 Å². The molecular weight excluding hydrogens is 366 g/mol. The molecule has 0 aliphatic heterocycles. The van der Waals surface area contributed by atoms with Crippen LogP contribution in [0.25, 0.3) is 0 Å². The van der Waals surface area contributed by atoms with Gasteiger partial charge in [0.25, 0.3) is 0 Å². The number of carbonyl (C=O) groups excluding carboxylic acids is 2. The van der Waals surface area contributed by atoms with E-state index in [4.69, 9.17) is 4.74 Å². The van der Waals surface area contributed by atoms with Gasteiger partial charge in [-0.05, 0) is 68.4 Å². The molecule has 3 rings (SSSR count). The first-order chi connectivity index (χ1) is 13.5. The van der Waals surface area contributed by atoms with E-state index in [0.29, 0.717) is 31.3 Å². The summed E-state index contributed by atoms with van der Waals surface area (Å²) in [6.45, 7) is 9.82. The zero-order valence-electron chi connectivity index (χ0n) is 19.0. The number of likely N-dealkylation sites (N-methyl/N-ethyl adjacent to an activating group) is 1. The predicted molar refractivity (Wildman–Crippen MR) is 113 cm³/mol. The van der Waals surface area contributed by atoms with E-state index < -0.39 is 0 Å². The lowest BCUT2D eigenvalue weighted by atomic mass is 9.42. The third kappa shape index (κ3) is 4.05. The number of ketones is 1. The van der Waals surface area contributed by atoms with Crippen molar-refractivity contribution in [2.45, 2.75) is 65.9 Å². The van der Waals surface area contributed by atoms with Crippen molar-refractivity contribution in [2.24, 2.45) is 34.5 Å². The molecule has 0 aromatic carbocycles. The minimum atomic E-state index is -0.335. The maximum Gasteiger partial charge on any atom is 0.330 e. The SMILES string of the molecule is C[C@H]1/C(=C/C(=O)OCCN(C)C)CC[C@@H]2[C@H]1C(=O)C[C@H]1C(C)(C)[C@@H](O)CC[C@]21C. The fourth-order valence-electron chi connectivity index (χ4n) is 6.63. The molecule has 0 radical (unpaired) electrons. The van der Waals surface area contributed by atoms with Crippen molar-refractivity contribution >= 4 is 11.8 Å². The first-order valence-corrected chi connectivity index (χ1v) is 11.2. The second kappa shape index (κ2) is 8.14. The number of allylic oxidation sites excluding steroid dienone is 1. The summed E-state index contributed by atoms with van der Waals surface area (Å²) in [4.78, 5) is 27.5. The Hall–Kier alpha value is -1.20. The van der Waals surface area contributed by atoms with Crippen LogP contribution >= 0.6 is 0 Å². The van der Waals surface area contributed by atoms with Crippen LogP contribution in [0.2, 0.25) is 0 Å². The number of esters is 1. The van der Waals surface area contributed by atoms with Gasteiger partial charge in [0.2, 0.25) is 0 Å². The number of aliphatic hydroxyl groups is 1. The molecule has 0 saturated heterocycles. The summed E-state index contributed by atoms with van der Waals surface area (Å²) < 4.78 is 5.34. The van der Waals surface area contributed by atoms with E-state index in [2.05, 4.69) is 27.7 Å². The van der Waals surface area contributed by atoms with Gasteiger partial charge in [0.05, 0.1) is 6.10 Å². The van der Waals surface area contributed by atoms with Gasteiger partial charge in [-0.25, -0.2) is 4.79 Å². The Labute approximate surface area is 175 Å². The second-order valence-corrected chi connectivity index (χ2v) is 10.8. The van der Waals surface area contributed by atoms with Crippen LogP contribution in [-0.2, 0) is 14.3 Å². The van der Waals surface area contributed by atoms with Crippen LogP contribution in [0, 0.1) is 34.5 Å². The van der Waals surface area contributed by atoms with Crippen LogP contribution in [0.5, 0.6) is 0 Å². The number of ether oxygens (including phenoxy) is 1. The summed E-state index contributed by atoms with van der Waals surface area (Å²) in [6, 6.07) is 0. The highest BCUT2D eigenvalue weighted by Gasteiger charge is 2.61. The number of carbonyl (C=O) groups is 2. The van der Waals surface area contributed by atoms with Crippen molar-refractivity contribution in [3.8, 4) is 0 Å². The maximum absolute atomic E-state index is 13.3. The Morgan fingerprint density at radius 2 is 1.97 bits per heavy atom. The normalized spacial score (nSPS) is 40.5. The Kier molecular flexibility index (Phi) is 6.31.